The highest BCUT2D eigenvalue weighted by Gasteiger charge is 2.16. The van der Waals surface area contributed by atoms with Crippen LogP contribution in [0.3, 0.4) is 0 Å². The van der Waals surface area contributed by atoms with Crippen LogP contribution in [0.4, 0.5) is 8.78 Å². The second-order valence-electron chi connectivity index (χ2n) is 4.02. The van der Waals surface area contributed by atoms with E-state index in [0.29, 0.717) is 4.47 Å². The van der Waals surface area contributed by atoms with Crippen LogP contribution in [0.15, 0.2) is 41.1 Å². The molecule has 0 saturated carbocycles. The van der Waals surface area contributed by atoms with Gasteiger partial charge in [-0.3, -0.25) is 9.78 Å². The van der Waals surface area contributed by atoms with Gasteiger partial charge in [0.05, 0.1) is 11.1 Å². The van der Waals surface area contributed by atoms with Crippen molar-refractivity contribution in [3.05, 3.63) is 63.9 Å². The lowest BCUT2D eigenvalue weighted by molar-refractivity contribution is 0.0473. The molecule has 0 unspecified atom stereocenters. The van der Waals surface area contributed by atoms with Crippen LogP contribution in [0.2, 0.25) is 0 Å². The van der Waals surface area contributed by atoms with Gasteiger partial charge in [-0.05, 0) is 40.2 Å². The van der Waals surface area contributed by atoms with E-state index in [9.17, 15) is 18.4 Å². The van der Waals surface area contributed by atoms with Gasteiger partial charge in [0.1, 0.15) is 11.6 Å². The largest absolute Gasteiger partial charge is 0.454 e. The summed E-state index contributed by atoms with van der Waals surface area (Å²) in [5.41, 5.74) is -0.327. The highest BCUT2D eigenvalue weighted by atomic mass is 79.9. The first-order valence-corrected chi connectivity index (χ1v) is 6.52. The maximum absolute atomic E-state index is 13.4. The Morgan fingerprint density at radius 3 is 2.67 bits per heavy atom. The van der Waals surface area contributed by atoms with E-state index in [2.05, 4.69) is 20.9 Å². The van der Waals surface area contributed by atoms with E-state index in [-0.39, 0.29) is 5.56 Å². The lowest BCUT2D eigenvalue weighted by Gasteiger charge is -2.05. The highest BCUT2D eigenvalue weighted by molar-refractivity contribution is 9.10. The van der Waals surface area contributed by atoms with Crippen LogP contribution in [0.1, 0.15) is 20.7 Å². The fourth-order valence-corrected chi connectivity index (χ4v) is 1.89. The summed E-state index contributed by atoms with van der Waals surface area (Å²) in [7, 11) is 0. The van der Waals surface area contributed by atoms with Crippen molar-refractivity contribution in [1.29, 1.82) is 0 Å². The molecule has 0 radical (unpaired) electrons. The predicted octanol–water partition coefficient (Wildman–Crippen LogP) is 3.16. The molecule has 0 saturated heterocycles. The molecular formula is C14H8BrF2NO3. The number of ketones is 1. The fraction of sp³-hybridized carbons (Fsp3) is 0.0714. The first-order chi connectivity index (χ1) is 9.97. The molecule has 0 aliphatic rings. The van der Waals surface area contributed by atoms with Crippen LogP contribution in [-0.2, 0) is 4.74 Å². The number of hydrogen-bond donors (Lipinski definition) is 0. The minimum Gasteiger partial charge on any atom is -0.454 e. The Morgan fingerprint density at radius 1 is 1.19 bits per heavy atom. The Kier molecular flexibility index (Phi) is 4.74. The van der Waals surface area contributed by atoms with Crippen LogP contribution in [0.25, 0.3) is 0 Å². The van der Waals surface area contributed by atoms with Crippen molar-refractivity contribution in [2.45, 2.75) is 0 Å². The number of aromatic nitrogens is 1. The molecule has 108 valence electrons. The number of rotatable bonds is 4. The zero-order valence-electron chi connectivity index (χ0n) is 10.5. The topological polar surface area (TPSA) is 56.3 Å². The average Bonchev–Trinajstić information content (AvgIpc) is 2.47. The van der Waals surface area contributed by atoms with Gasteiger partial charge in [-0.1, -0.05) is 0 Å². The molecule has 0 N–H and O–H groups in total. The molecule has 0 spiro atoms. The van der Waals surface area contributed by atoms with E-state index in [4.69, 9.17) is 4.74 Å². The average molecular weight is 356 g/mol. The number of benzene rings is 1. The number of esters is 1. The van der Waals surface area contributed by atoms with Gasteiger partial charge in [0.25, 0.3) is 0 Å². The maximum atomic E-state index is 13.4. The van der Waals surface area contributed by atoms with Crippen LogP contribution in [0.5, 0.6) is 0 Å². The van der Waals surface area contributed by atoms with E-state index in [1.165, 1.54) is 18.5 Å². The number of hydrogen-bond acceptors (Lipinski definition) is 4. The normalized spacial score (nSPS) is 10.2. The Labute approximate surface area is 126 Å². The lowest BCUT2D eigenvalue weighted by Crippen LogP contribution is -2.15. The minimum absolute atomic E-state index is 0.136. The molecule has 7 heteroatoms. The Balaban J connectivity index is 2.04. The van der Waals surface area contributed by atoms with Crippen molar-refractivity contribution in [1.82, 2.24) is 4.98 Å². The van der Waals surface area contributed by atoms with Crippen molar-refractivity contribution < 1.29 is 23.1 Å². The molecule has 0 fully saturated rings. The van der Waals surface area contributed by atoms with E-state index >= 15 is 0 Å². The lowest BCUT2D eigenvalue weighted by atomic mass is 10.1. The predicted molar refractivity (Wildman–Crippen MR) is 72.9 cm³/mol. The summed E-state index contributed by atoms with van der Waals surface area (Å²) >= 11 is 3.14. The van der Waals surface area contributed by atoms with Gasteiger partial charge < -0.3 is 4.74 Å². The molecule has 1 heterocycles. The third-order valence-corrected chi connectivity index (χ3v) is 2.94. The number of carbonyl (C=O) groups is 2. The first kappa shape index (κ1) is 15.2. The van der Waals surface area contributed by atoms with Crippen LogP contribution < -0.4 is 0 Å². The second kappa shape index (κ2) is 6.53. The Bertz CT molecular complexity index is 706. The molecule has 2 aromatic rings. The summed E-state index contributed by atoms with van der Waals surface area (Å²) < 4.78 is 31.7. The molecule has 4 nitrogen and oxygen atoms in total. The standard InChI is InChI=1S/C14H8BrF2NO3/c15-9-3-8(5-18-6-9)14(20)21-7-13(19)11-4-10(16)1-2-12(11)17/h1-6H,7H2. The van der Waals surface area contributed by atoms with Gasteiger partial charge in [0.2, 0.25) is 5.78 Å². The van der Waals surface area contributed by atoms with E-state index in [0.717, 1.165) is 18.2 Å². The maximum Gasteiger partial charge on any atom is 0.340 e. The third kappa shape index (κ3) is 3.91. The molecule has 0 bridgehead atoms. The van der Waals surface area contributed by atoms with E-state index in [1.54, 1.807) is 0 Å². The summed E-state index contributed by atoms with van der Waals surface area (Å²) in [5.74, 6) is -3.24. The number of Topliss-reactive ketones (excluding diaryl/α,β-unsaturated/α-hetero) is 1. The molecule has 1 aromatic heterocycles. The van der Waals surface area contributed by atoms with Gasteiger partial charge in [0.15, 0.2) is 6.61 Å². The quantitative estimate of drug-likeness (QED) is 0.624. The molecular weight excluding hydrogens is 348 g/mol. The van der Waals surface area contributed by atoms with Crippen molar-refractivity contribution in [2.24, 2.45) is 0 Å². The monoisotopic (exact) mass is 355 g/mol. The van der Waals surface area contributed by atoms with Crippen molar-refractivity contribution in [3.63, 3.8) is 0 Å². The highest BCUT2D eigenvalue weighted by Crippen LogP contribution is 2.13. The van der Waals surface area contributed by atoms with Crippen molar-refractivity contribution >= 4 is 27.7 Å². The van der Waals surface area contributed by atoms with Crippen molar-refractivity contribution in [2.75, 3.05) is 6.61 Å². The van der Waals surface area contributed by atoms with E-state index in [1.807, 2.05) is 0 Å². The molecule has 21 heavy (non-hydrogen) atoms. The SMILES string of the molecule is O=C(OCC(=O)c1cc(F)ccc1F)c1cncc(Br)c1. The number of nitrogens with zero attached hydrogens (tertiary/aromatic N) is 1. The Hall–Kier alpha value is -2.15. The summed E-state index contributed by atoms with van der Waals surface area (Å²) in [6.45, 7) is -0.689. The van der Waals surface area contributed by atoms with E-state index < -0.39 is 35.6 Å². The van der Waals surface area contributed by atoms with Crippen LogP contribution >= 0.6 is 15.9 Å². The number of pyridine rings is 1. The fourth-order valence-electron chi connectivity index (χ4n) is 1.53. The number of halogens is 3. The molecule has 0 aliphatic heterocycles. The smallest absolute Gasteiger partial charge is 0.340 e. The van der Waals surface area contributed by atoms with Crippen LogP contribution in [0, 0.1) is 11.6 Å². The molecule has 0 atom stereocenters. The van der Waals surface area contributed by atoms with Crippen LogP contribution in [-0.4, -0.2) is 23.3 Å². The van der Waals surface area contributed by atoms with Gasteiger partial charge >= 0.3 is 5.97 Å². The third-order valence-electron chi connectivity index (χ3n) is 2.50. The summed E-state index contributed by atoms with van der Waals surface area (Å²) in [6.07, 6.45) is 2.74. The first-order valence-electron chi connectivity index (χ1n) is 5.73. The van der Waals surface area contributed by atoms with Gasteiger partial charge in [-0.2, -0.15) is 0 Å². The molecule has 1 aromatic carbocycles. The summed E-state index contributed by atoms with van der Waals surface area (Å²) in [5, 5.41) is 0. The second-order valence-corrected chi connectivity index (χ2v) is 4.93. The van der Waals surface area contributed by atoms with Gasteiger partial charge in [-0.15, -0.1) is 0 Å². The summed E-state index contributed by atoms with van der Waals surface area (Å²) in [6, 6.07) is 3.95. The number of ether oxygens (including phenoxy) is 1. The van der Waals surface area contributed by atoms with Gasteiger partial charge in [0, 0.05) is 16.9 Å². The molecule has 0 amide bonds. The number of carbonyl (C=O) groups excluding carboxylic acids is 2. The molecule has 2 rings (SSSR count). The minimum atomic E-state index is -0.874. The van der Waals surface area contributed by atoms with Crippen molar-refractivity contribution in [3.8, 4) is 0 Å². The summed E-state index contributed by atoms with van der Waals surface area (Å²) in [4.78, 5) is 27.2. The Morgan fingerprint density at radius 2 is 1.95 bits per heavy atom. The zero-order chi connectivity index (χ0) is 15.4. The van der Waals surface area contributed by atoms with Gasteiger partial charge in [-0.25, -0.2) is 13.6 Å². The zero-order valence-corrected chi connectivity index (χ0v) is 12.1. The molecule has 0 aliphatic carbocycles.